The third-order valence-electron chi connectivity index (χ3n) is 3.43. The van der Waals surface area contributed by atoms with Crippen molar-refractivity contribution in [2.24, 2.45) is 0 Å². The summed E-state index contributed by atoms with van der Waals surface area (Å²) in [5.41, 5.74) is 1.27. The maximum absolute atomic E-state index is 12.1. The van der Waals surface area contributed by atoms with E-state index in [0.717, 1.165) is 49.4 Å². The van der Waals surface area contributed by atoms with Crippen molar-refractivity contribution in [3.8, 4) is 0 Å². The minimum Gasteiger partial charge on any atom is -0.457 e. The summed E-state index contributed by atoms with van der Waals surface area (Å²) in [7, 11) is 0. The second-order valence-corrected chi connectivity index (χ2v) is 6.64. The minimum atomic E-state index is -0.441. The van der Waals surface area contributed by atoms with Crippen LogP contribution in [0.25, 0.3) is 0 Å². The average Bonchev–Trinajstić information content (AvgIpc) is 2.38. The molecule has 0 aliphatic carbocycles. The Kier molecular flexibility index (Phi) is 5.16. The van der Waals surface area contributed by atoms with Crippen LogP contribution in [0.1, 0.15) is 45.7 Å². The van der Waals surface area contributed by atoms with Crippen LogP contribution in [0.4, 0.5) is 5.82 Å². The molecule has 0 N–H and O–H groups in total. The van der Waals surface area contributed by atoms with E-state index in [2.05, 4.69) is 15.1 Å². The lowest BCUT2D eigenvalue weighted by molar-refractivity contribution is -0.150. The number of carbonyl (C=O) groups excluding carboxylic acids is 1. The summed E-state index contributed by atoms with van der Waals surface area (Å²) in [5, 5.41) is 8.35. The predicted octanol–water partition coefficient (Wildman–Crippen LogP) is 3.04. The van der Waals surface area contributed by atoms with E-state index < -0.39 is 5.60 Å². The van der Waals surface area contributed by atoms with E-state index in [1.54, 1.807) is 0 Å². The van der Waals surface area contributed by atoms with Gasteiger partial charge in [0.15, 0.2) is 5.82 Å². The van der Waals surface area contributed by atoms with Crippen molar-refractivity contribution in [2.45, 2.75) is 52.6 Å². The number of anilines is 1. The fourth-order valence-electron chi connectivity index (χ4n) is 2.39. The summed E-state index contributed by atoms with van der Waals surface area (Å²) in [4.78, 5) is 14.4. The maximum Gasteiger partial charge on any atom is 0.334 e. The lowest BCUT2D eigenvalue weighted by Gasteiger charge is -2.26. The van der Waals surface area contributed by atoms with Gasteiger partial charge in [-0.25, -0.2) is 4.79 Å². The molecule has 1 aromatic rings. The number of rotatable bonds is 2. The summed E-state index contributed by atoms with van der Waals surface area (Å²) in [6, 6.07) is 3.98. The molecular weight excluding hydrogens is 278 g/mol. The van der Waals surface area contributed by atoms with E-state index >= 15 is 0 Å². The second kappa shape index (κ2) is 6.90. The zero-order valence-electron chi connectivity index (χ0n) is 13.9. The van der Waals surface area contributed by atoms with Crippen molar-refractivity contribution >= 4 is 11.8 Å². The molecule has 5 heteroatoms. The van der Waals surface area contributed by atoms with Gasteiger partial charge in [-0.3, -0.25) is 0 Å². The van der Waals surface area contributed by atoms with Crippen molar-refractivity contribution in [1.29, 1.82) is 0 Å². The van der Waals surface area contributed by atoms with Crippen molar-refractivity contribution < 1.29 is 9.53 Å². The largest absolute Gasteiger partial charge is 0.457 e. The van der Waals surface area contributed by atoms with Crippen LogP contribution in [-0.2, 0) is 9.53 Å². The summed E-state index contributed by atoms with van der Waals surface area (Å²) >= 11 is 0. The molecule has 120 valence electrons. The molecule has 2 heterocycles. The van der Waals surface area contributed by atoms with E-state index in [-0.39, 0.29) is 5.97 Å². The lowest BCUT2D eigenvalue weighted by Crippen LogP contribution is -2.29. The number of hydrogen-bond acceptors (Lipinski definition) is 5. The Balaban J connectivity index is 1.99. The normalized spacial score (nSPS) is 16.5. The number of aromatic nitrogens is 2. The molecule has 0 amide bonds. The summed E-state index contributed by atoms with van der Waals surface area (Å²) in [6.07, 6.45) is 4.46. The molecule has 0 radical (unpaired) electrons. The summed E-state index contributed by atoms with van der Waals surface area (Å²) < 4.78 is 5.46. The van der Waals surface area contributed by atoms with Crippen LogP contribution >= 0.6 is 0 Å². The highest BCUT2D eigenvalue weighted by Gasteiger charge is 2.21. The first-order chi connectivity index (χ1) is 10.3. The Labute approximate surface area is 132 Å². The zero-order valence-corrected chi connectivity index (χ0v) is 13.9. The van der Waals surface area contributed by atoms with E-state index in [9.17, 15) is 4.79 Å². The number of aryl methyl sites for hydroxylation is 1. The van der Waals surface area contributed by atoms with Crippen LogP contribution in [0.5, 0.6) is 0 Å². The van der Waals surface area contributed by atoms with Gasteiger partial charge in [0.2, 0.25) is 0 Å². The Morgan fingerprint density at radius 2 is 2.00 bits per heavy atom. The number of esters is 1. The van der Waals surface area contributed by atoms with Crippen LogP contribution in [0.2, 0.25) is 0 Å². The smallest absolute Gasteiger partial charge is 0.334 e. The zero-order chi connectivity index (χ0) is 16.2. The van der Waals surface area contributed by atoms with Gasteiger partial charge < -0.3 is 9.64 Å². The van der Waals surface area contributed by atoms with E-state index in [4.69, 9.17) is 4.74 Å². The summed E-state index contributed by atoms with van der Waals surface area (Å²) in [6.45, 7) is 9.33. The van der Waals surface area contributed by atoms with Gasteiger partial charge in [-0.1, -0.05) is 6.08 Å². The maximum atomic E-state index is 12.1. The van der Waals surface area contributed by atoms with Gasteiger partial charge in [0, 0.05) is 18.7 Å². The van der Waals surface area contributed by atoms with Crippen LogP contribution in [0, 0.1) is 6.92 Å². The van der Waals surface area contributed by atoms with Gasteiger partial charge in [0.25, 0.3) is 0 Å². The Hall–Kier alpha value is -1.91. The Morgan fingerprint density at radius 1 is 1.23 bits per heavy atom. The molecule has 0 bridgehead atoms. The van der Waals surface area contributed by atoms with Gasteiger partial charge in [-0.05, 0) is 59.1 Å². The van der Waals surface area contributed by atoms with Crippen LogP contribution < -0.4 is 4.90 Å². The lowest BCUT2D eigenvalue weighted by atomic mass is 10.1. The quantitative estimate of drug-likeness (QED) is 0.786. The monoisotopic (exact) mass is 303 g/mol. The number of carbonyl (C=O) groups is 1. The van der Waals surface area contributed by atoms with E-state index in [1.807, 2.05) is 45.9 Å². The topological polar surface area (TPSA) is 55.3 Å². The Morgan fingerprint density at radius 3 is 2.64 bits per heavy atom. The number of nitrogens with zero attached hydrogens (tertiary/aromatic N) is 3. The highest BCUT2D eigenvalue weighted by Crippen LogP contribution is 2.19. The van der Waals surface area contributed by atoms with Crippen LogP contribution in [-0.4, -0.2) is 34.9 Å². The standard InChI is InChI=1S/C17H25N3O2/c1-13-9-10-15(19-18-13)20-11-5-7-14(8-6-12-20)16(21)22-17(2,3)4/h7,9-10H,5-6,8,11-12H2,1-4H3. The van der Waals surface area contributed by atoms with Crippen LogP contribution in [0.3, 0.4) is 0 Å². The molecule has 0 spiro atoms. The first kappa shape index (κ1) is 16.5. The fourth-order valence-corrected chi connectivity index (χ4v) is 2.39. The van der Waals surface area contributed by atoms with Gasteiger partial charge in [-0.2, -0.15) is 5.10 Å². The molecular formula is C17H25N3O2. The molecule has 0 atom stereocenters. The number of ether oxygens (including phenoxy) is 1. The number of hydrogen-bond donors (Lipinski definition) is 0. The molecule has 0 saturated carbocycles. The first-order valence-electron chi connectivity index (χ1n) is 7.83. The van der Waals surface area contributed by atoms with Gasteiger partial charge >= 0.3 is 5.97 Å². The third kappa shape index (κ3) is 4.83. The molecule has 1 aromatic heterocycles. The molecule has 22 heavy (non-hydrogen) atoms. The highest BCUT2D eigenvalue weighted by molar-refractivity contribution is 5.88. The van der Waals surface area contributed by atoms with Crippen LogP contribution in [0.15, 0.2) is 23.8 Å². The molecule has 0 fully saturated rings. The Bertz CT molecular complexity index is 544. The summed E-state index contributed by atoms with van der Waals surface area (Å²) in [5.74, 6) is 0.718. The van der Waals surface area contributed by atoms with Crippen molar-refractivity contribution in [2.75, 3.05) is 18.0 Å². The van der Waals surface area contributed by atoms with Gasteiger partial charge in [0.1, 0.15) is 5.60 Å². The molecule has 5 nitrogen and oxygen atoms in total. The molecule has 1 aliphatic heterocycles. The molecule has 0 aromatic carbocycles. The van der Waals surface area contributed by atoms with Crippen molar-refractivity contribution in [3.05, 3.63) is 29.5 Å². The van der Waals surface area contributed by atoms with Gasteiger partial charge in [0.05, 0.1) is 5.69 Å². The minimum absolute atomic E-state index is 0.184. The van der Waals surface area contributed by atoms with Crippen molar-refractivity contribution in [1.82, 2.24) is 10.2 Å². The second-order valence-electron chi connectivity index (χ2n) is 6.64. The molecule has 1 aliphatic rings. The van der Waals surface area contributed by atoms with E-state index in [1.165, 1.54) is 0 Å². The first-order valence-corrected chi connectivity index (χ1v) is 7.83. The predicted molar refractivity (Wildman–Crippen MR) is 86.8 cm³/mol. The average molecular weight is 303 g/mol. The SMILES string of the molecule is Cc1ccc(N2CCC=C(C(=O)OC(C)(C)C)CCC2)nn1. The van der Waals surface area contributed by atoms with Crippen molar-refractivity contribution in [3.63, 3.8) is 0 Å². The molecule has 0 saturated heterocycles. The third-order valence-corrected chi connectivity index (χ3v) is 3.43. The molecule has 0 unspecified atom stereocenters. The van der Waals surface area contributed by atoms with E-state index in [0.29, 0.717) is 0 Å². The fraction of sp³-hybridized carbons (Fsp3) is 0.588. The molecule has 2 rings (SSSR count). The van der Waals surface area contributed by atoms with Gasteiger partial charge in [-0.15, -0.1) is 5.10 Å². The highest BCUT2D eigenvalue weighted by atomic mass is 16.6.